The minimum absolute atomic E-state index is 0.0643. The second-order valence-corrected chi connectivity index (χ2v) is 13.2. The number of allylic oxidation sites excluding steroid dienone is 2. The number of carbonyl (C=O) groups is 2. The smallest absolute Gasteiger partial charge is 0.302 e. The zero-order valence-electron chi connectivity index (χ0n) is 23.2. The summed E-state index contributed by atoms with van der Waals surface area (Å²) in [6.45, 7) is 13.1. The van der Waals surface area contributed by atoms with Crippen molar-refractivity contribution in [2.24, 2.45) is 40.4 Å². The molecule has 0 aromatic carbocycles. The number of esters is 2. The molecule has 9 atom stereocenters. The molecule has 0 bridgehead atoms. The quantitative estimate of drug-likeness (QED) is 0.299. The van der Waals surface area contributed by atoms with Gasteiger partial charge >= 0.3 is 11.9 Å². The predicted molar refractivity (Wildman–Crippen MR) is 139 cm³/mol. The van der Waals surface area contributed by atoms with Gasteiger partial charge in [0, 0.05) is 32.6 Å². The first-order chi connectivity index (χ1) is 17.0. The number of hydrogen-bond donors (Lipinski definition) is 0. The maximum atomic E-state index is 11.5. The highest BCUT2D eigenvalue weighted by atomic mass is 16.5. The standard InChI is InChI=1S/C31H46O5/c1-18(17-34-20(3)32)7-10-27-19(2)29-28(36-27)16-26-24-9-8-22-15-23(35-21(4)33)11-13-30(22,5)25(24)12-14-31(26,29)6/h8,18,23-26,28-29H,7,9-17H2,1-6H3/t18-,23+,24+,25-,26+,28+,29+,30+,31+/m1/s1. The van der Waals surface area contributed by atoms with Gasteiger partial charge in [-0.15, -0.1) is 0 Å². The van der Waals surface area contributed by atoms with E-state index in [0.717, 1.165) is 43.9 Å². The van der Waals surface area contributed by atoms with Gasteiger partial charge in [0.1, 0.15) is 12.2 Å². The SMILES string of the molecule is CC(=O)OC[C@H](C)CCC1=C(C)[C@H]2[C@H](C[C@H]3[C@H]4CC=C5C[C@@H](OC(C)=O)CC[C@]5(C)[C@@H]4CC[C@@]32C)O1. The van der Waals surface area contributed by atoms with Crippen molar-refractivity contribution < 1.29 is 23.8 Å². The fraction of sp³-hybridized carbons (Fsp3) is 0.806. The zero-order chi connectivity index (χ0) is 25.8. The molecule has 3 fully saturated rings. The van der Waals surface area contributed by atoms with Crippen molar-refractivity contribution in [1.29, 1.82) is 0 Å². The monoisotopic (exact) mass is 498 g/mol. The summed E-state index contributed by atoms with van der Waals surface area (Å²) in [6, 6.07) is 0. The summed E-state index contributed by atoms with van der Waals surface area (Å²) in [7, 11) is 0. The van der Waals surface area contributed by atoms with E-state index in [1.165, 1.54) is 50.9 Å². The molecule has 0 aromatic heterocycles. The van der Waals surface area contributed by atoms with Gasteiger partial charge in [0.25, 0.3) is 0 Å². The maximum absolute atomic E-state index is 11.5. The van der Waals surface area contributed by atoms with E-state index in [1.807, 2.05) is 0 Å². The molecule has 0 N–H and O–H groups in total. The lowest BCUT2D eigenvalue weighted by molar-refractivity contribution is -0.148. The van der Waals surface area contributed by atoms with Crippen molar-refractivity contribution >= 4 is 11.9 Å². The maximum Gasteiger partial charge on any atom is 0.302 e. The predicted octanol–water partition coefficient (Wildman–Crippen LogP) is 6.76. The first kappa shape index (κ1) is 25.9. The van der Waals surface area contributed by atoms with E-state index in [9.17, 15) is 9.59 Å². The molecule has 0 amide bonds. The van der Waals surface area contributed by atoms with Gasteiger partial charge in [-0.3, -0.25) is 9.59 Å². The van der Waals surface area contributed by atoms with E-state index in [1.54, 1.807) is 5.57 Å². The third-order valence-electron chi connectivity index (χ3n) is 11.0. The highest BCUT2D eigenvalue weighted by Gasteiger charge is 2.63. The normalized spacial score (nSPS) is 41.8. The van der Waals surface area contributed by atoms with Gasteiger partial charge in [-0.05, 0) is 91.9 Å². The Bertz CT molecular complexity index is 964. The Labute approximate surface area is 217 Å². The Kier molecular flexibility index (Phi) is 6.83. The number of hydrogen-bond acceptors (Lipinski definition) is 5. The fourth-order valence-electron chi connectivity index (χ4n) is 9.27. The van der Waals surface area contributed by atoms with Crippen LogP contribution in [0.4, 0.5) is 0 Å². The van der Waals surface area contributed by atoms with Crippen molar-refractivity contribution in [3.05, 3.63) is 23.0 Å². The molecule has 5 rings (SSSR count). The summed E-state index contributed by atoms with van der Waals surface area (Å²) in [5.41, 5.74) is 3.62. The van der Waals surface area contributed by atoms with Crippen molar-refractivity contribution in [1.82, 2.24) is 0 Å². The van der Waals surface area contributed by atoms with Crippen LogP contribution in [0.25, 0.3) is 0 Å². The molecule has 1 heterocycles. The summed E-state index contributed by atoms with van der Waals surface area (Å²) in [4.78, 5) is 22.7. The summed E-state index contributed by atoms with van der Waals surface area (Å²) in [6.07, 6.45) is 12.9. The van der Waals surface area contributed by atoms with Crippen LogP contribution in [0.2, 0.25) is 0 Å². The van der Waals surface area contributed by atoms with Crippen molar-refractivity contribution in [2.75, 3.05) is 6.61 Å². The van der Waals surface area contributed by atoms with Gasteiger partial charge < -0.3 is 14.2 Å². The van der Waals surface area contributed by atoms with Gasteiger partial charge in [0.2, 0.25) is 0 Å². The minimum Gasteiger partial charge on any atom is -0.494 e. The van der Waals surface area contributed by atoms with Crippen LogP contribution in [0.5, 0.6) is 0 Å². The summed E-state index contributed by atoms with van der Waals surface area (Å²) in [5.74, 6) is 3.93. The van der Waals surface area contributed by atoms with Crippen molar-refractivity contribution in [2.45, 2.75) is 112 Å². The molecule has 0 unspecified atom stereocenters. The Morgan fingerprint density at radius 3 is 2.64 bits per heavy atom. The van der Waals surface area contributed by atoms with Crippen LogP contribution in [-0.4, -0.2) is 30.8 Å². The number of carbonyl (C=O) groups excluding carboxylic acids is 2. The van der Waals surface area contributed by atoms with Crippen LogP contribution in [0, 0.1) is 40.4 Å². The van der Waals surface area contributed by atoms with Crippen LogP contribution in [-0.2, 0) is 23.8 Å². The average Bonchev–Trinajstić information content (AvgIpc) is 3.29. The lowest BCUT2D eigenvalue weighted by atomic mass is 9.47. The lowest BCUT2D eigenvalue weighted by Crippen LogP contribution is -2.50. The molecule has 5 aliphatic rings. The van der Waals surface area contributed by atoms with Crippen LogP contribution in [0.3, 0.4) is 0 Å². The van der Waals surface area contributed by atoms with Crippen LogP contribution in [0.1, 0.15) is 99.3 Å². The highest BCUT2D eigenvalue weighted by Crippen LogP contribution is 2.69. The molecule has 0 aromatic rings. The Balaban J connectivity index is 1.29. The fourth-order valence-corrected chi connectivity index (χ4v) is 9.27. The van der Waals surface area contributed by atoms with Gasteiger partial charge in [0.15, 0.2) is 0 Å². The Morgan fingerprint density at radius 2 is 1.92 bits per heavy atom. The molecule has 3 saturated carbocycles. The van der Waals surface area contributed by atoms with E-state index in [2.05, 4.69) is 33.8 Å². The van der Waals surface area contributed by atoms with Crippen LogP contribution >= 0.6 is 0 Å². The molecular formula is C31H46O5. The molecule has 0 saturated heterocycles. The average molecular weight is 499 g/mol. The first-order valence-corrected chi connectivity index (χ1v) is 14.4. The number of ether oxygens (including phenoxy) is 3. The van der Waals surface area contributed by atoms with E-state index in [4.69, 9.17) is 14.2 Å². The van der Waals surface area contributed by atoms with Crippen molar-refractivity contribution in [3.63, 3.8) is 0 Å². The zero-order valence-corrected chi connectivity index (χ0v) is 23.2. The molecule has 36 heavy (non-hydrogen) atoms. The molecule has 200 valence electrons. The van der Waals surface area contributed by atoms with E-state index >= 15 is 0 Å². The number of fused-ring (bicyclic) bond motifs is 7. The number of rotatable bonds is 6. The molecule has 5 nitrogen and oxygen atoms in total. The Hall–Kier alpha value is -1.78. The third-order valence-corrected chi connectivity index (χ3v) is 11.0. The molecule has 0 radical (unpaired) electrons. The van der Waals surface area contributed by atoms with E-state index in [-0.39, 0.29) is 23.5 Å². The largest absolute Gasteiger partial charge is 0.494 e. The lowest BCUT2D eigenvalue weighted by Gasteiger charge is -2.58. The van der Waals surface area contributed by atoms with Gasteiger partial charge in [-0.2, -0.15) is 0 Å². The minimum atomic E-state index is -0.200. The summed E-state index contributed by atoms with van der Waals surface area (Å²) in [5, 5.41) is 0. The van der Waals surface area contributed by atoms with Gasteiger partial charge in [-0.1, -0.05) is 32.4 Å². The van der Waals surface area contributed by atoms with Crippen LogP contribution < -0.4 is 0 Å². The third kappa shape index (κ3) is 4.32. The molecular weight excluding hydrogens is 452 g/mol. The van der Waals surface area contributed by atoms with E-state index in [0.29, 0.717) is 35.9 Å². The summed E-state index contributed by atoms with van der Waals surface area (Å²) < 4.78 is 17.5. The molecule has 4 aliphatic carbocycles. The van der Waals surface area contributed by atoms with Gasteiger partial charge in [0.05, 0.1) is 12.4 Å². The molecule has 1 aliphatic heterocycles. The second-order valence-electron chi connectivity index (χ2n) is 13.2. The van der Waals surface area contributed by atoms with E-state index < -0.39 is 0 Å². The summed E-state index contributed by atoms with van der Waals surface area (Å²) >= 11 is 0. The van der Waals surface area contributed by atoms with Crippen molar-refractivity contribution in [3.8, 4) is 0 Å². The highest BCUT2D eigenvalue weighted by molar-refractivity contribution is 5.66. The first-order valence-electron chi connectivity index (χ1n) is 14.4. The second kappa shape index (κ2) is 9.51. The molecule has 5 heteroatoms. The van der Waals surface area contributed by atoms with Gasteiger partial charge in [-0.25, -0.2) is 0 Å². The molecule has 0 spiro atoms. The Morgan fingerprint density at radius 1 is 1.14 bits per heavy atom. The topological polar surface area (TPSA) is 61.8 Å². The van der Waals surface area contributed by atoms with Crippen LogP contribution in [0.15, 0.2) is 23.0 Å².